The molecule has 0 aliphatic carbocycles. The molecule has 9 heteroatoms. The Hall–Kier alpha value is -4.44. The van der Waals surface area contributed by atoms with Crippen LogP contribution in [0.3, 0.4) is 0 Å². The van der Waals surface area contributed by atoms with Gasteiger partial charge in [0.2, 0.25) is 13.1 Å². The molecule has 4 rings (SSSR count). The van der Waals surface area contributed by atoms with Crippen molar-refractivity contribution in [3.63, 3.8) is 0 Å². The number of aromatic nitrogens is 2. The maximum Gasteiger partial charge on any atom is 0.286 e. The number of nitrogens with zero attached hydrogens (tertiary/aromatic N) is 2. The lowest BCUT2D eigenvalue weighted by Crippen LogP contribution is -2.43. The molecule has 0 aliphatic heterocycles. The highest BCUT2D eigenvalue weighted by Gasteiger charge is 2.10. The van der Waals surface area contributed by atoms with Crippen LogP contribution in [0.5, 0.6) is 0 Å². The van der Waals surface area contributed by atoms with Crippen molar-refractivity contribution in [2.24, 2.45) is 0 Å². The monoisotopic (exact) mass is 584 g/mol. The molecule has 0 unspecified atom stereocenters. The molecule has 2 aromatic heterocycles. The van der Waals surface area contributed by atoms with Crippen molar-refractivity contribution in [3.8, 4) is 22.3 Å². The molecule has 0 spiro atoms. The van der Waals surface area contributed by atoms with Crippen LogP contribution in [0.25, 0.3) is 22.3 Å². The van der Waals surface area contributed by atoms with E-state index in [1.54, 1.807) is 0 Å². The maximum absolute atomic E-state index is 12.2. The molecule has 2 N–H and O–H groups in total. The summed E-state index contributed by atoms with van der Waals surface area (Å²) >= 11 is 0. The van der Waals surface area contributed by atoms with Gasteiger partial charge in [0.05, 0.1) is 39.6 Å². The Labute approximate surface area is 253 Å². The molecule has 0 saturated carbocycles. The van der Waals surface area contributed by atoms with Crippen LogP contribution in [0.15, 0.2) is 110 Å². The van der Waals surface area contributed by atoms with Crippen molar-refractivity contribution in [1.29, 1.82) is 0 Å². The summed E-state index contributed by atoms with van der Waals surface area (Å²) in [5.74, 6) is -0.135. The first-order chi connectivity index (χ1) is 21.2. The Morgan fingerprint density at radius 1 is 0.465 bits per heavy atom. The van der Waals surface area contributed by atoms with Crippen LogP contribution in [-0.4, -0.2) is 64.5 Å². The van der Waals surface area contributed by atoms with E-state index in [4.69, 9.17) is 14.2 Å². The third-order valence-electron chi connectivity index (χ3n) is 6.53. The molecular formula is C34H40N4O5+2. The van der Waals surface area contributed by atoms with Gasteiger partial charge in [0.25, 0.3) is 11.8 Å². The first-order valence-electron chi connectivity index (χ1n) is 14.5. The summed E-state index contributed by atoms with van der Waals surface area (Å²) in [7, 11) is 0. The van der Waals surface area contributed by atoms with Crippen LogP contribution in [0.4, 0.5) is 0 Å². The molecule has 0 fully saturated rings. The van der Waals surface area contributed by atoms with E-state index in [9.17, 15) is 9.59 Å². The third-order valence-corrected chi connectivity index (χ3v) is 6.53. The quantitative estimate of drug-likeness (QED) is 0.139. The molecule has 43 heavy (non-hydrogen) atoms. The summed E-state index contributed by atoms with van der Waals surface area (Å²) < 4.78 is 20.2. The number of carbonyl (C=O) groups excluding carboxylic acids is 2. The fraction of sp³-hybridized carbons (Fsp3) is 0.294. The molecule has 4 aromatic rings. The molecule has 0 radical (unpaired) electrons. The summed E-state index contributed by atoms with van der Waals surface area (Å²) in [6.07, 6.45) is 7.62. The smallest absolute Gasteiger partial charge is 0.286 e. The molecule has 9 nitrogen and oxygen atoms in total. The predicted octanol–water partition coefficient (Wildman–Crippen LogP) is 2.58. The van der Waals surface area contributed by atoms with Crippen LogP contribution in [-0.2, 0) is 36.9 Å². The summed E-state index contributed by atoms with van der Waals surface area (Å²) in [6.45, 7) is 3.97. The van der Waals surface area contributed by atoms with Crippen molar-refractivity contribution < 1.29 is 32.9 Å². The Morgan fingerprint density at radius 2 is 0.791 bits per heavy atom. The van der Waals surface area contributed by atoms with Gasteiger partial charge in [-0.1, -0.05) is 60.7 Å². The fourth-order valence-electron chi connectivity index (χ4n) is 4.28. The van der Waals surface area contributed by atoms with Gasteiger partial charge in [-0.2, -0.15) is 9.13 Å². The summed E-state index contributed by atoms with van der Waals surface area (Å²) in [5.41, 5.74) is 4.51. The van der Waals surface area contributed by atoms with E-state index in [0.717, 1.165) is 22.3 Å². The van der Waals surface area contributed by atoms with Crippen LogP contribution in [0.2, 0.25) is 0 Å². The van der Waals surface area contributed by atoms with Crippen molar-refractivity contribution in [1.82, 2.24) is 10.6 Å². The average Bonchev–Trinajstić information content (AvgIpc) is 3.05. The molecule has 2 heterocycles. The van der Waals surface area contributed by atoms with E-state index in [0.29, 0.717) is 52.7 Å². The predicted molar refractivity (Wildman–Crippen MR) is 163 cm³/mol. The van der Waals surface area contributed by atoms with Crippen molar-refractivity contribution in [3.05, 3.63) is 110 Å². The minimum absolute atomic E-state index is 0.0677. The zero-order valence-corrected chi connectivity index (χ0v) is 24.4. The van der Waals surface area contributed by atoms with Gasteiger partial charge in [-0.25, -0.2) is 0 Å². The minimum Gasteiger partial charge on any atom is -0.377 e. The number of hydrogen-bond donors (Lipinski definition) is 2. The molecular weight excluding hydrogens is 544 g/mol. The standard InChI is InChI=1S/C34H38N4O5/c39-33(27-37-17-11-31(12-18-37)29-7-3-1-4-8-29)35-15-21-41-23-25-43-26-24-42-22-16-36-34(40)28-38-19-13-32(14-20-38)30-9-5-2-6-10-30/h1-14,17-20H,15-16,21-28H2/p+2. The largest absolute Gasteiger partial charge is 0.377 e. The SMILES string of the molecule is O=C(C[n+]1ccc(-c2ccccc2)cc1)NCCOCCOCCOCCNC(=O)C[n+]1ccc(-c2ccccc2)cc1. The number of rotatable bonds is 18. The Balaban J connectivity index is 0.934. The molecule has 0 atom stereocenters. The van der Waals surface area contributed by atoms with Gasteiger partial charge in [0.15, 0.2) is 24.8 Å². The Bertz CT molecular complexity index is 1260. The first kappa shape index (κ1) is 31.5. The molecule has 2 amide bonds. The van der Waals surface area contributed by atoms with Crippen molar-refractivity contribution in [2.45, 2.75) is 13.1 Å². The minimum atomic E-state index is -0.0677. The van der Waals surface area contributed by atoms with E-state index in [1.807, 2.05) is 94.6 Å². The lowest BCUT2D eigenvalue weighted by Gasteiger charge is -2.08. The second-order valence-electron chi connectivity index (χ2n) is 9.79. The van der Waals surface area contributed by atoms with Gasteiger partial charge < -0.3 is 24.8 Å². The van der Waals surface area contributed by atoms with Gasteiger partial charge in [-0.05, 0) is 22.3 Å². The normalized spacial score (nSPS) is 10.8. The molecule has 2 aromatic carbocycles. The van der Waals surface area contributed by atoms with Crippen LogP contribution < -0.4 is 19.8 Å². The van der Waals surface area contributed by atoms with Crippen molar-refractivity contribution in [2.75, 3.05) is 52.7 Å². The fourth-order valence-corrected chi connectivity index (χ4v) is 4.28. The Kier molecular flexibility index (Phi) is 13.3. The Morgan fingerprint density at radius 3 is 1.16 bits per heavy atom. The van der Waals surface area contributed by atoms with E-state index in [-0.39, 0.29) is 24.9 Å². The number of nitrogens with one attached hydrogen (secondary N) is 2. The topological polar surface area (TPSA) is 93.7 Å². The highest BCUT2D eigenvalue weighted by Crippen LogP contribution is 2.17. The number of amides is 2. The van der Waals surface area contributed by atoms with E-state index >= 15 is 0 Å². The van der Waals surface area contributed by atoms with Gasteiger partial charge >= 0.3 is 0 Å². The van der Waals surface area contributed by atoms with Gasteiger partial charge in [0, 0.05) is 37.4 Å². The first-order valence-corrected chi connectivity index (χ1v) is 14.5. The maximum atomic E-state index is 12.2. The average molecular weight is 585 g/mol. The van der Waals surface area contributed by atoms with E-state index < -0.39 is 0 Å². The highest BCUT2D eigenvalue weighted by atomic mass is 16.5. The number of carbonyl (C=O) groups is 2. The second-order valence-corrected chi connectivity index (χ2v) is 9.79. The van der Waals surface area contributed by atoms with Crippen LogP contribution in [0.1, 0.15) is 0 Å². The number of ether oxygens (including phenoxy) is 3. The number of hydrogen-bond acceptors (Lipinski definition) is 5. The molecule has 0 aliphatic rings. The zero-order chi connectivity index (χ0) is 30.0. The van der Waals surface area contributed by atoms with E-state index in [2.05, 4.69) is 34.9 Å². The number of benzene rings is 2. The highest BCUT2D eigenvalue weighted by molar-refractivity contribution is 5.74. The lowest BCUT2D eigenvalue weighted by atomic mass is 10.1. The van der Waals surface area contributed by atoms with Crippen LogP contribution >= 0.6 is 0 Å². The molecule has 0 bridgehead atoms. The van der Waals surface area contributed by atoms with Gasteiger partial charge in [-0.3, -0.25) is 9.59 Å². The summed E-state index contributed by atoms with van der Waals surface area (Å²) in [6, 6.07) is 28.3. The molecule has 0 saturated heterocycles. The van der Waals surface area contributed by atoms with Gasteiger partial charge in [0.1, 0.15) is 0 Å². The van der Waals surface area contributed by atoms with E-state index in [1.165, 1.54) is 0 Å². The van der Waals surface area contributed by atoms with Gasteiger partial charge in [-0.15, -0.1) is 0 Å². The van der Waals surface area contributed by atoms with Crippen molar-refractivity contribution >= 4 is 11.8 Å². The third kappa shape index (κ3) is 11.8. The molecule has 224 valence electrons. The number of pyridine rings is 2. The lowest BCUT2D eigenvalue weighted by molar-refractivity contribution is -0.684. The van der Waals surface area contributed by atoms with Crippen LogP contribution in [0, 0.1) is 0 Å². The zero-order valence-electron chi connectivity index (χ0n) is 24.4. The summed E-state index contributed by atoms with van der Waals surface area (Å²) in [5, 5.41) is 5.72. The second kappa shape index (κ2) is 18.2. The summed E-state index contributed by atoms with van der Waals surface area (Å²) in [4.78, 5) is 24.3.